The highest BCUT2D eigenvalue weighted by Crippen LogP contribution is 2.10. The summed E-state index contributed by atoms with van der Waals surface area (Å²) in [6.45, 7) is 4.23. The topological polar surface area (TPSA) is 21.3 Å². The van der Waals surface area contributed by atoms with Crippen LogP contribution in [0.1, 0.15) is 19.3 Å². The summed E-state index contributed by atoms with van der Waals surface area (Å²) < 4.78 is 5.29. The van der Waals surface area contributed by atoms with Crippen molar-refractivity contribution in [3.8, 4) is 0 Å². The van der Waals surface area contributed by atoms with Gasteiger partial charge in [-0.05, 0) is 31.7 Å². The Hall–Kier alpha value is 0.400. The first kappa shape index (κ1) is 10.5. The molecule has 0 bridgehead atoms. The van der Waals surface area contributed by atoms with E-state index in [1.165, 1.54) is 19.3 Å². The van der Waals surface area contributed by atoms with E-state index >= 15 is 0 Å². The molecule has 1 fully saturated rings. The van der Waals surface area contributed by atoms with Crippen LogP contribution in [-0.2, 0) is 4.74 Å². The van der Waals surface area contributed by atoms with E-state index in [0.717, 1.165) is 37.6 Å². The second-order valence-corrected chi connectivity index (χ2v) is 4.12. The van der Waals surface area contributed by atoms with Gasteiger partial charge in [0.05, 0.1) is 6.61 Å². The van der Waals surface area contributed by atoms with Gasteiger partial charge in [-0.15, -0.1) is 0 Å². The van der Waals surface area contributed by atoms with E-state index in [0.29, 0.717) is 0 Å². The standard InChI is InChI=1S/C9H18BrNO/c10-4-1-2-5-11-7-9-3-6-12-8-9/h9,11H,1-8H2. The third-order valence-electron chi connectivity index (χ3n) is 2.19. The lowest BCUT2D eigenvalue weighted by Gasteiger charge is -2.08. The van der Waals surface area contributed by atoms with Gasteiger partial charge in [0.2, 0.25) is 0 Å². The fourth-order valence-electron chi connectivity index (χ4n) is 1.39. The highest BCUT2D eigenvalue weighted by Gasteiger charge is 2.14. The lowest BCUT2D eigenvalue weighted by Crippen LogP contribution is -2.24. The molecule has 1 rings (SSSR count). The van der Waals surface area contributed by atoms with Crippen LogP contribution in [0.15, 0.2) is 0 Å². The number of ether oxygens (including phenoxy) is 1. The second-order valence-electron chi connectivity index (χ2n) is 3.33. The predicted octanol–water partition coefficient (Wildman–Crippen LogP) is 1.79. The van der Waals surface area contributed by atoms with Crippen molar-refractivity contribution in [2.45, 2.75) is 19.3 Å². The summed E-state index contributed by atoms with van der Waals surface area (Å²) in [6.07, 6.45) is 3.79. The minimum atomic E-state index is 0.772. The number of alkyl halides is 1. The van der Waals surface area contributed by atoms with Crippen molar-refractivity contribution in [3.63, 3.8) is 0 Å². The molecule has 0 saturated carbocycles. The summed E-state index contributed by atoms with van der Waals surface area (Å²) in [6, 6.07) is 0. The summed E-state index contributed by atoms with van der Waals surface area (Å²) in [5, 5.41) is 4.59. The molecule has 0 radical (unpaired) electrons. The van der Waals surface area contributed by atoms with Crippen molar-refractivity contribution in [1.82, 2.24) is 5.32 Å². The van der Waals surface area contributed by atoms with Crippen molar-refractivity contribution in [3.05, 3.63) is 0 Å². The van der Waals surface area contributed by atoms with Gasteiger partial charge in [0.1, 0.15) is 0 Å². The summed E-state index contributed by atoms with van der Waals surface area (Å²) in [5.41, 5.74) is 0. The molecule has 1 unspecified atom stereocenters. The fraction of sp³-hybridized carbons (Fsp3) is 1.00. The SMILES string of the molecule is BrCCCCNCC1CCOC1. The van der Waals surface area contributed by atoms with Crippen LogP contribution in [0.5, 0.6) is 0 Å². The summed E-state index contributed by atoms with van der Waals surface area (Å²) in [7, 11) is 0. The van der Waals surface area contributed by atoms with E-state index in [-0.39, 0.29) is 0 Å². The molecule has 12 heavy (non-hydrogen) atoms. The number of hydrogen-bond donors (Lipinski definition) is 1. The van der Waals surface area contributed by atoms with Gasteiger partial charge >= 0.3 is 0 Å². The Balaban J connectivity index is 1.81. The third-order valence-corrected chi connectivity index (χ3v) is 2.75. The molecule has 0 aromatic heterocycles. The van der Waals surface area contributed by atoms with Gasteiger partial charge in [0, 0.05) is 18.5 Å². The Morgan fingerprint density at radius 1 is 1.42 bits per heavy atom. The molecule has 0 aromatic carbocycles. The monoisotopic (exact) mass is 235 g/mol. The maximum atomic E-state index is 5.29. The van der Waals surface area contributed by atoms with Crippen LogP contribution in [0, 0.1) is 5.92 Å². The molecule has 1 saturated heterocycles. The minimum absolute atomic E-state index is 0.772. The Morgan fingerprint density at radius 3 is 3.00 bits per heavy atom. The molecule has 3 heteroatoms. The van der Waals surface area contributed by atoms with Crippen LogP contribution >= 0.6 is 15.9 Å². The number of halogens is 1. The van der Waals surface area contributed by atoms with Gasteiger partial charge < -0.3 is 10.1 Å². The van der Waals surface area contributed by atoms with Gasteiger partial charge in [-0.2, -0.15) is 0 Å². The molecule has 0 aromatic rings. The molecular weight excluding hydrogens is 218 g/mol. The molecule has 1 N–H and O–H groups in total. The van der Waals surface area contributed by atoms with Crippen molar-refractivity contribution in [1.29, 1.82) is 0 Å². The van der Waals surface area contributed by atoms with Crippen molar-refractivity contribution in [2.75, 3.05) is 31.6 Å². The average molecular weight is 236 g/mol. The van der Waals surface area contributed by atoms with Crippen LogP contribution in [0.4, 0.5) is 0 Å². The Labute approximate surface area is 83.2 Å². The molecule has 1 heterocycles. The predicted molar refractivity (Wildman–Crippen MR) is 54.8 cm³/mol. The van der Waals surface area contributed by atoms with Crippen LogP contribution in [-0.4, -0.2) is 31.6 Å². The molecule has 0 aliphatic carbocycles. The Kier molecular flexibility index (Phi) is 6.00. The Bertz CT molecular complexity index is 105. The summed E-state index contributed by atoms with van der Waals surface area (Å²) in [4.78, 5) is 0. The highest BCUT2D eigenvalue weighted by molar-refractivity contribution is 9.09. The number of nitrogens with one attached hydrogen (secondary N) is 1. The zero-order valence-electron chi connectivity index (χ0n) is 7.52. The van der Waals surface area contributed by atoms with Crippen LogP contribution in [0.3, 0.4) is 0 Å². The smallest absolute Gasteiger partial charge is 0.0507 e. The summed E-state index contributed by atoms with van der Waals surface area (Å²) in [5.74, 6) is 0.772. The molecule has 1 aliphatic rings. The molecule has 1 atom stereocenters. The van der Waals surface area contributed by atoms with E-state index in [1.54, 1.807) is 0 Å². The Morgan fingerprint density at radius 2 is 2.33 bits per heavy atom. The minimum Gasteiger partial charge on any atom is -0.381 e. The fourth-order valence-corrected chi connectivity index (χ4v) is 1.79. The van der Waals surface area contributed by atoms with Crippen LogP contribution < -0.4 is 5.32 Å². The van der Waals surface area contributed by atoms with Crippen molar-refractivity contribution < 1.29 is 4.74 Å². The molecule has 1 aliphatic heterocycles. The molecular formula is C9H18BrNO. The lowest BCUT2D eigenvalue weighted by molar-refractivity contribution is 0.185. The van der Waals surface area contributed by atoms with Crippen molar-refractivity contribution >= 4 is 15.9 Å². The molecule has 72 valence electrons. The summed E-state index contributed by atoms with van der Waals surface area (Å²) >= 11 is 3.42. The van der Waals surface area contributed by atoms with Crippen molar-refractivity contribution in [2.24, 2.45) is 5.92 Å². The zero-order valence-corrected chi connectivity index (χ0v) is 9.11. The second kappa shape index (κ2) is 6.87. The maximum absolute atomic E-state index is 5.29. The lowest BCUT2D eigenvalue weighted by atomic mass is 10.1. The maximum Gasteiger partial charge on any atom is 0.0507 e. The van der Waals surface area contributed by atoms with Gasteiger partial charge in [0.15, 0.2) is 0 Å². The molecule has 0 spiro atoms. The average Bonchev–Trinajstić information content (AvgIpc) is 2.57. The number of hydrogen-bond acceptors (Lipinski definition) is 2. The largest absolute Gasteiger partial charge is 0.381 e. The molecule has 0 amide bonds. The van der Waals surface area contributed by atoms with Gasteiger partial charge in [-0.25, -0.2) is 0 Å². The van der Waals surface area contributed by atoms with Gasteiger partial charge in [0.25, 0.3) is 0 Å². The van der Waals surface area contributed by atoms with Gasteiger partial charge in [-0.3, -0.25) is 0 Å². The highest BCUT2D eigenvalue weighted by atomic mass is 79.9. The third kappa shape index (κ3) is 4.43. The first-order valence-electron chi connectivity index (χ1n) is 4.78. The van der Waals surface area contributed by atoms with E-state index in [4.69, 9.17) is 4.74 Å². The molecule has 2 nitrogen and oxygen atoms in total. The van der Waals surface area contributed by atoms with Gasteiger partial charge in [-0.1, -0.05) is 15.9 Å². The zero-order chi connectivity index (χ0) is 8.65. The number of unbranched alkanes of at least 4 members (excludes halogenated alkanes) is 1. The van der Waals surface area contributed by atoms with Crippen LogP contribution in [0.2, 0.25) is 0 Å². The normalized spacial score (nSPS) is 23.2. The van der Waals surface area contributed by atoms with E-state index in [2.05, 4.69) is 21.2 Å². The van der Waals surface area contributed by atoms with Crippen LogP contribution in [0.25, 0.3) is 0 Å². The van der Waals surface area contributed by atoms with E-state index in [9.17, 15) is 0 Å². The van der Waals surface area contributed by atoms with E-state index < -0.39 is 0 Å². The first-order chi connectivity index (χ1) is 5.93. The first-order valence-corrected chi connectivity index (χ1v) is 5.90. The quantitative estimate of drug-likeness (QED) is 0.560. The van der Waals surface area contributed by atoms with E-state index in [1.807, 2.05) is 0 Å². The number of rotatable bonds is 6.